The molecule has 0 aromatic heterocycles. The second kappa shape index (κ2) is 7.75. The van der Waals surface area contributed by atoms with Gasteiger partial charge >= 0.3 is 0 Å². The molecule has 1 aromatic rings. The van der Waals surface area contributed by atoms with Gasteiger partial charge in [-0.1, -0.05) is 58.0 Å². The van der Waals surface area contributed by atoms with Crippen molar-refractivity contribution in [3.8, 4) is 5.75 Å². The molecule has 0 saturated carbocycles. The third-order valence-electron chi connectivity index (χ3n) is 2.80. The molecule has 0 unspecified atom stereocenters. The van der Waals surface area contributed by atoms with Crippen molar-refractivity contribution in [1.82, 2.24) is 0 Å². The summed E-state index contributed by atoms with van der Waals surface area (Å²) in [5.74, 6) is 2.22. The van der Waals surface area contributed by atoms with E-state index in [0.717, 1.165) is 25.0 Å². The van der Waals surface area contributed by atoms with E-state index in [0.29, 0.717) is 0 Å². The fourth-order valence-electron chi connectivity index (χ4n) is 2.05. The van der Waals surface area contributed by atoms with E-state index in [1.54, 1.807) is 0 Å². The number of ether oxygens (including phenoxy) is 1. The SMILES string of the molecule is C1=CC2=C(CC1)Oc1ccccc1C2.CC.CC. The Balaban J connectivity index is 0.000000371. The van der Waals surface area contributed by atoms with Crippen LogP contribution in [-0.2, 0) is 6.42 Å². The molecule has 0 spiro atoms. The fraction of sp³-hybridized carbons (Fsp3) is 0.412. The molecule has 1 aliphatic heterocycles. The lowest BCUT2D eigenvalue weighted by molar-refractivity contribution is 0.381. The van der Waals surface area contributed by atoms with Gasteiger partial charge in [0.05, 0.1) is 0 Å². The molecule has 0 saturated heterocycles. The van der Waals surface area contributed by atoms with Gasteiger partial charge in [0.2, 0.25) is 0 Å². The summed E-state index contributed by atoms with van der Waals surface area (Å²) >= 11 is 0. The monoisotopic (exact) mass is 244 g/mol. The topological polar surface area (TPSA) is 9.23 Å². The third kappa shape index (κ3) is 3.25. The van der Waals surface area contributed by atoms with Crippen LogP contribution in [0.25, 0.3) is 0 Å². The summed E-state index contributed by atoms with van der Waals surface area (Å²) in [7, 11) is 0. The maximum absolute atomic E-state index is 5.86. The number of hydrogen-bond donors (Lipinski definition) is 0. The predicted molar refractivity (Wildman–Crippen MR) is 78.9 cm³/mol. The molecule has 0 amide bonds. The Labute approximate surface area is 111 Å². The van der Waals surface area contributed by atoms with Crippen LogP contribution in [-0.4, -0.2) is 0 Å². The minimum Gasteiger partial charge on any atom is -0.461 e. The van der Waals surface area contributed by atoms with Crippen molar-refractivity contribution in [3.63, 3.8) is 0 Å². The molecule has 0 bridgehead atoms. The first-order valence-electron chi connectivity index (χ1n) is 7.08. The highest BCUT2D eigenvalue weighted by molar-refractivity contribution is 5.45. The lowest BCUT2D eigenvalue weighted by atomic mass is 9.95. The number of para-hydroxylation sites is 1. The molecule has 0 atom stereocenters. The van der Waals surface area contributed by atoms with E-state index in [4.69, 9.17) is 4.74 Å². The normalized spacial score (nSPS) is 15.1. The van der Waals surface area contributed by atoms with E-state index in [1.807, 2.05) is 33.8 Å². The lowest BCUT2D eigenvalue weighted by Crippen LogP contribution is -2.11. The maximum Gasteiger partial charge on any atom is 0.130 e. The van der Waals surface area contributed by atoms with Gasteiger partial charge in [0.25, 0.3) is 0 Å². The van der Waals surface area contributed by atoms with Crippen LogP contribution in [0.3, 0.4) is 0 Å². The van der Waals surface area contributed by atoms with Crippen LogP contribution in [0.15, 0.2) is 47.7 Å². The fourth-order valence-corrected chi connectivity index (χ4v) is 2.05. The molecule has 1 aliphatic carbocycles. The van der Waals surface area contributed by atoms with Crippen LogP contribution >= 0.6 is 0 Å². The van der Waals surface area contributed by atoms with Crippen molar-refractivity contribution < 1.29 is 4.74 Å². The number of allylic oxidation sites excluding steroid dienone is 4. The molecular formula is C17H24O. The van der Waals surface area contributed by atoms with Gasteiger partial charge in [-0.2, -0.15) is 0 Å². The minimum absolute atomic E-state index is 1.03. The molecule has 98 valence electrons. The van der Waals surface area contributed by atoms with E-state index in [2.05, 4.69) is 30.4 Å². The first-order valence-corrected chi connectivity index (χ1v) is 7.08. The van der Waals surface area contributed by atoms with E-state index < -0.39 is 0 Å². The number of benzene rings is 1. The molecule has 1 heterocycles. The van der Waals surface area contributed by atoms with Gasteiger partial charge in [0.15, 0.2) is 0 Å². The Morgan fingerprint density at radius 1 is 1.00 bits per heavy atom. The predicted octanol–water partition coefficient (Wildman–Crippen LogP) is 5.28. The zero-order chi connectivity index (χ0) is 13.4. The Morgan fingerprint density at radius 3 is 2.50 bits per heavy atom. The molecule has 0 radical (unpaired) electrons. The third-order valence-corrected chi connectivity index (χ3v) is 2.80. The molecule has 1 heteroatoms. The molecule has 3 rings (SSSR count). The highest BCUT2D eigenvalue weighted by atomic mass is 16.5. The van der Waals surface area contributed by atoms with E-state index in [9.17, 15) is 0 Å². The van der Waals surface area contributed by atoms with Crippen LogP contribution in [0.5, 0.6) is 5.75 Å². The zero-order valence-electron chi connectivity index (χ0n) is 12.0. The summed E-state index contributed by atoms with van der Waals surface area (Å²) in [5.41, 5.74) is 2.66. The van der Waals surface area contributed by atoms with Crippen molar-refractivity contribution in [3.05, 3.63) is 53.3 Å². The Hall–Kier alpha value is -1.50. The lowest BCUT2D eigenvalue weighted by Gasteiger charge is -2.23. The minimum atomic E-state index is 1.03. The van der Waals surface area contributed by atoms with E-state index >= 15 is 0 Å². The molecule has 1 aromatic carbocycles. The zero-order valence-corrected chi connectivity index (χ0v) is 12.0. The van der Waals surface area contributed by atoms with Crippen molar-refractivity contribution >= 4 is 0 Å². The first-order chi connectivity index (χ1) is 8.93. The second-order valence-corrected chi connectivity index (χ2v) is 3.78. The highest BCUT2D eigenvalue weighted by Gasteiger charge is 2.18. The van der Waals surface area contributed by atoms with Gasteiger partial charge in [0.1, 0.15) is 11.5 Å². The van der Waals surface area contributed by atoms with Crippen molar-refractivity contribution in [2.24, 2.45) is 0 Å². The summed E-state index contributed by atoms with van der Waals surface area (Å²) in [6.45, 7) is 8.00. The molecule has 0 fully saturated rings. The van der Waals surface area contributed by atoms with Crippen LogP contribution in [0, 0.1) is 0 Å². The average Bonchev–Trinajstić information content (AvgIpc) is 2.49. The Morgan fingerprint density at radius 2 is 1.72 bits per heavy atom. The van der Waals surface area contributed by atoms with Gasteiger partial charge in [0, 0.05) is 12.8 Å². The van der Waals surface area contributed by atoms with E-state index in [1.165, 1.54) is 16.9 Å². The summed E-state index contributed by atoms with van der Waals surface area (Å²) in [4.78, 5) is 0. The summed E-state index contributed by atoms with van der Waals surface area (Å²) in [6.07, 6.45) is 7.63. The van der Waals surface area contributed by atoms with Gasteiger partial charge in [-0.3, -0.25) is 0 Å². The summed E-state index contributed by atoms with van der Waals surface area (Å²) < 4.78 is 5.86. The maximum atomic E-state index is 5.86. The smallest absolute Gasteiger partial charge is 0.130 e. The molecule has 2 aliphatic rings. The first kappa shape index (κ1) is 14.6. The van der Waals surface area contributed by atoms with Gasteiger partial charge in [-0.25, -0.2) is 0 Å². The van der Waals surface area contributed by atoms with Gasteiger partial charge in [-0.15, -0.1) is 0 Å². The largest absolute Gasteiger partial charge is 0.461 e. The average molecular weight is 244 g/mol. The van der Waals surface area contributed by atoms with Crippen LogP contribution in [0.2, 0.25) is 0 Å². The highest BCUT2D eigenvalue weighted by Crippen LogP contribution is 2.33. The Bertz CT molecular complexity index is 427. The van der Waals surface area contributed by atoms with Crippen molar-refractivity contribution in [1.29, 1.82) is 0 Å². The number of hydrogen-bond acceptors (Lipinski definition) is 1. The van der Waals surface area contributed by atoms with Crippen molar-refractivity contribution in [2.45, 2.75) is 47.0 Å². The van der Waals surface area contributed by atoms with Crippen LogP contribution in [0.4, 0.5) is 0 Å². The molecule has 1 nitrogen and oxygen atoms in total. The molecular weight excluding hydrogens is 220 g/mol. The van der Waals surface area contributed by atoms with Crippen LogP contribution < -0.4 is 4.74 Å². The van der Waals surface area contributed by atoms with Crippen LogP contribution in [0.1, 0.15) is 46.1 Å². The molecule has 18 heavy (non-hydrogen) atoms. The van der Waals surface area contributed by atoms with Gasteiger partial charge in [-0.05, 0) is 23.6 Å². The van der Waals surface area contributed by atoms with Gasteiger partial charge < -0.3 is 4.74 Å². The summed E-state index contributed by atoms with van der Waals surface area (Å²) in [6, 6.07) is 8.29. The number of fused-ring (bicyclic) bond motifs is 1. The Kier molecular flexibility index (Phi) is 6.27. The molecule has 0 N–H and O–H groups in total. The standard InChI is InChI=1S/C13H12O.2C2H6/c1-3-7-12-10(5-1)9-11-6-2-4-8-13(11)14-12;2*1-2/h1-3,5-7H,4,8-9H2;2*1-2H3. The second-order valence-electron chi connectivity index (χ2n) is 3.78. The number of rotatable bonds is 0. The van der Waals surface area contributed by atoms with E-state index in [-0.39, 0.29) is 0 Å². The quantitative estimate of drug-likeness (QED) is 0.603. The van der Waals surface area contributed by atoms with Crippen molar-refractivity contribution in [2.75, 3.05) is 0 Å². The summed E-state index contributed by atoms with van der Waals surface area (Å²) in [5, 5.41) is 0.